The molecule has 96 valence electrons. The first-order chi connectivity index (χ1) is 7.84. The minimum atomic E-state index is -0.458. The maximum atomic E-state index is 11.4. The van der Waals surface area contributed by atoms with E-state index in [1.807, 2.05) is 13.8 Å². The van der Waals surface area contributed by atoms with Crippen LogP contribution in [0.25, 0.3) is 0 Å². The van der Waals surface area contributed by atoms with Gasteiger partial charge in [0.25, 0.3) is 5.91 Å². The normalized spacial score (nSPS) is 12.9. The third-order valence-corrected chi connectivity index (χ3v) is 2.31. The van der Waals surface area contributed by atoms with Crippen LogP contribution in [0.1, 0.15) is 27.2 Å². The smallest absolute Gasteiger partial charge is 0.270 e. The first-order valence-electron chi connectivity index (χ1n) is 5.35. The summed E-state index contributed by atoms with van der Waals surface area (Å²) in [7, 11) is 3.00. The molecule has 2 amide bonds. The summed E-state index contributed by atoms with van der Waals surface area (Å²) in [5.74, 6) is -0.517. The van der Waals surface area contributed by atoms with E-state index in [1.165, 1.54) is 25.9 Å². The van der Waals surface area contributed by atoms with Gasteiger partial charge in [-0.3, -0.25) is 14.5 Å². The van der Waals surface area contributed by atoms with E-state index in [1.54, 1.807) is 0 Å². The van der Waals surface area contributed by atoms with Gasteiger partial charge >= 0.3 is 0 Å². The van der Waals surface area contributed by atoms with E-state index in [9.17, 15) is 9.59 Å². The molecular weight excluding hydrogens is 220 g/mol. The molecule has 6 nitrogen and oxygen atoms in total. The van der Waals surface area contributed by atoms with Gasteiger partial charge < -0.3 is 11.1 Å². The summed E-state index contributed by atoms with van der Waals surface area (Å²) >= 11 is 0. The fraction of sp³-hybridized carbons (Fsp3) is 0.545. The molecule has 0 aliphatic rings. The predicted molar refractivity (Wildman–Crippen MR) is 67.1 cm³/mol. The predicted octanol–water partition coefficient (Wildman–Crippen LogP) is 0.209. The molecule has 3 N–H and O–H groups in total. The van der Waals surface area contributed by atoms with Crippen molar-refractivity contribution in [3.8, 4) is 0 Å². The molecule has 0 fully saturated rings. The Kier molecular flexibility index (Phi) is 5.95. The zero-order valence-corrected chi connectivity index (χ0v) is 11.0. The van der Waals surface area contributed by atoms with E-state index in [0.29, 0.717) is 0 Å². The van der Waals surface area contributed by atoms with Gasteiger partial charge in [-0.05, 0) is 13.3 Å². The number of hydrogen-bond donors (Lipinski definition) is 2. The standard InChI is InChI=1S/C11H20N4O2/c1-6-7(2)14-10(15(5)8(3)16)9(12)11(17)13-4/h6,12H2,1-5H3,(H,13,17)/b10-9+,14-7?. The molecule has 0 aliphatic heterocycles. The van der Waals surface area contributed by atoms with Crippen molar-refractivity contribution in [2.24, 2.45) is 10.7 Å². The fourth-order valence-electron chi connectivity index (χ4n) is 0.961. The number of likely N-dealkylation sites (N-methyl/N-ethyl adjacent to an activating group) is 1. The van der Waals surface area contributed by atoms with Crippen molar-refractivity contribution in [1.82, 2.24) is 10.2 Å². The van der Waals surface area contributed by atoms with E-state index >= 15 is 0 Å². The highest BCUT2D eigenvalue weighted by Crippen LogP contribution is 2.09. The molecule has 0 aromatic carbocycles. The number of nitrogens with one attached hydrogen (secondary N) is 1. The van der Waals surface area contributed by atoms with Gasteiger partial charge in [-0.2, -0.15) is 0 Å². The van der Waals surface area contributed by atoms with Gasteiger partial charge in [-0.25, -0.2) is 4.99 Å². The third-order valence-electron chi connectivity index (χ3n) is 2.31. The van der Waals surface area contributed by atoms with Crippen molar-refractivity contribution in [2.45, 2.75) is 27.2 Å². The lowest BCUT2D eigenvalue weighted by Gasteiger charge is -2.18. The Bertz CT molecular complexity index is 372. The Morgan fingerprint density at radius 3 is 2.24 bits per heavy atom. The van der Waals surface area contributed by atoms with Gasteiger partial charge in [0, 0.05) is 26.7 Å². The van der Waals surface area contributed by atoms with Crippen molar-refractivity contribution >= 4 is 17.5 Å². The summed E-state index contributed by atoms with van der Waals surface area (Å²) in [5.41, 5.74) is 6.40. The van der Waals surface area contributed by atoms with Crippen molar-refractivity contribution < 1.29 is 9.59 Å². The fourth-order valence-corrected chi connectivity index (χ4v) is 0.961. The average Bonchev–Trinajstić information content (AvgIpc) is 2.32. The number of rotatable bonds is 4. The van der Waals surface area contributed by atoms with Gasteiger partial charge in [0.2, 0.25) is 5.91 Å². The van der Waals surface area contributed by atoms with Crippen LogP contribution in [0.4, 0.5) is 0 Å². The van der Waals surface area contributed by atoms with Gasteiger partial charge in [-0.15, -0.1) is 0 Å². The van der Waals surface area contributed by atoms with Crippen LogP contribution in [-0.4, -0.2) is 36.5 Å². The first kappa shape index (κ1) is 15.2. The zero-order chi connectivity index (χ0) is 13.6. The van der Waals surface area contributed by atoms with E-state index < -0.39 is 5.91 Å². The Morgan fingerprint density at radius 2 is 1.88 bits per heavy atom. The molecule has 0 unspecified atom stereocenters. The van der Waals surface area contributed by atoms with Gasteiger partial charge in [0.05, 0.1) is 0 Å². The SMILES string of the molecule is CCC(C)=N/C(=C(\N)C(=O)NC)N(C)C(C)=O. The maximum Gasteiger partial charge on any atom is 0.270 e. The van der Waals surface area contributed by atoms with Crippen molar-refractivity contribution in [1.29, 1.82) is 0 Å². The Hall–Kier alpha value is -1.85. The molecule has 0 aromatic rings. The van der Waals surface area contributed by atoms with Crippen LogP contribution in [0.15, 0.2) is 16.5 Å². The van der Waals surface area contributed by atoms with Crippen molar-refractivity contribution in [3.63, 3.8) is 0 Å². The number of hydrogen-bond acceptors (Lipinski definition) is 4. The number of aliphatic imine (C=N–C) groups is 1. The number of nitrogens with two attached hydrogens (primary N) is 1. The second-order valence-electron chi connectivity index (χ2n) is 3.60. The molecule has 0 atom stereocenters. The summed E-state index contributed by atoms with van der Waals surface area (Å²) in [6.07, 6.45) is 0.719. The van der Waals surface area contributed by atoms with E-state index in [2.05, 4.69) is 10.3 Å². The molecule has 0 saturated heterocycles. The van der Waals surface area contributed by atoms with Crippen molar-refractivity contribution in [2.75, 3.05) is 14.1 Å². The molecule has 0 heterocycles. The molecule has 0 spiro atoms. The largest absolute Gasteiger partial charge is 0.391 e. The highest BCUT2D eigenvalue weighted by Gasteiger charge is 2.16. The van der Waals surface area contributed by atoms with Crippen LogP contribution >= 0.6 is 0 Å². The van der Waals surface area contributed by atoms with Gasteiger partial charge in [-0.1, -0.05) is 6.92 Å². The molecule has 0 radical (unpaired) electrons. The number of amides is 2. The quantitative estimate of drug-likeness (QED) is 0.544. The number of carbonyl (C=O) groups excluding carboxylic acids is 2. The van der Waals surface area contributed by atoms with Crippen LogP contribution in [-0.2, 0) is 9.59 Å². The lowest BCUT2D eigenvalue weighted by Crippen LogP contribution is -2.32. The first-order valence-corrected chi connectivity index (χ1v) is 5.35. The molecule has 17 heavy (non-hydrogen) atoms. The molecule has 0 rings (SSSR count). The molecule has 0 bridgehead atoms. The monoisotopic (exact) mass is 240 g/mol. The molecule has 0 aliphatic carbocycles. The van der Waals surface area contributed by atoms with Crippen molar-refractivity contribution in [3.05, 3.63) is 11.5 Å². The Morgan fingerprint density at radius 1 is 1.35 bits per heavy atom. The van der Waals surface area contributed by atoms with Gasteiger partial charge in [0.1, 0.15) is 5.70 Å². The third kappa shape index (κ3) is 4.26. The lowest BCUT2D eigenvalue weighted by molar-refractivity contribution is -0.125. The molecule has 0 aromatic heterocycles. The molecular formula is C11H20N4O2. The van der Waals surface area contributed by atoms with E-state index in [-0.39, 0.29) is 17.4 Å². The summed E-state index contributed by atoms with van der Waals surface area (Å²) in [6.45, 7) is 5.12. The topological polar surface area (TPSA) is 87.8 Å². The second kappa shape index (κ2) is 6.67. The summed E-state index contributed by atoms with van der Waals surface area (Å²) in [4.78, 5) is 28.2. The van der Waals surface area contributed by atoms with Crippen LogP contribution < -0.4 is 11.1 Å². The molecule has 6 heteroatoms. The number of carbonyl (C=O) groups is 2. The Balaban J connectivity index is 5.54. The van der Waals surface area contributed by atoms with Crippen LogP contribution in [0.5, 0.6) is 0 Å². The number of nitrogens with zero attached hydrogens (tertiary/aromatic N) is 2. The summed E-state index contributed by atoms with van der Waals surface area (Å²) in [6, 6.07) is 0. The summed E-state index contributed by atoms with van der Waals surface area (Å²) in [5, 5.41) is 2.40. The zero-order valence-electron chi connectivity index (χ0n) is 11.0. The van der Waals surface area contributed by atoms with Gasteiger partial charge in [0.15, 0.2) is 5.82 Å². The highest BCUT2D eigenvalue weighted by atomic mass is 16.2. The lowest BCUT2D eigenvalue weighted by atomic mass is 10.3. The summed E-state index contributed by atoms with van der Waals surface area (Å²) < 4.78 is 0. The van der Waals surface area contributed by atoms with E-state index in [4.69, 9.17) is 5.73 Å². The highest BCUT2D eigenvalue weighted by molar-refractivity contribution is 5.94. The van der Waals surface area contributed by atoms with E-state index in [0.717, 1.165) is 12.1 Å². The van der Waals surface area contributed by atoms with Crippen LogP contribution in [0.3, 0.4) is 0 Å². The maximum absolute atomic E-state index is 11.4. The minimum Gasteiger partial charge on any atom is -0.391 e. The minimum absolute atomic E-state index is 0.0713. The second-order valence-corrected chi connectivity index (χ2v) is 3.60. The Labute approximate surface area is 102 Å². The van der Waals surface area contributed by atoms with Crippen LogP contribution in [0.2, 0.25) is 0 Å². The average molecular weight is 240 g/mol. The molecule has 0 saturated carbocycles. The van der Waals surface area contributed by atoms with Crippen LogP contribution in [0, 0.1) is 0 Å².